The minimum atomic E-state index is 0.634. The second-order valence-corrected chi connectivity index (χ2v) is 7.02. The lowest BCUT2D eigenvalue weighted by molar-refractivity contribution is 0.643. The summed E-state index contributed by atoms with van der Waals surface area (Å²) < 4.78 is 0. The smallest absolute Gasteiger partial charge is 0.206 e. The first-order valence-electron chi connectivity index (χ1n) is 6.64. The molecule has 1 N–H and O–H groups in total. The molecule has 6 heteroatoms. The molecule has 0 aliphatic carbocycles. The van der Waals surface area contributed by atoms with Gasteiger partial charge in [0.2, 0.25) is 5.13 Å². The summed E-state index contributed by atoms with van der Waals surface area (Å²) in [4.78, 5) is 5.80. The van der Waals surface area contributed by atoms with Crippen molar-refractivity contribution >= 4 is 27.8 Å². The van der Waals surface area contributed by atoms with Crippen LogP contribution in [-0.4, -0.2) is 21.7 Å². The predicted molar refractivity (Wildman–Crippen MR) is 83.1 cm³/mol. The van der Waals surface area contributed by atoms with Crippen molar-refractivity contribution < 1.29 is 0 Å². The van der Waals surface area contributed by atoms with Crippen LogP contribution < -0.4 is 5.32 Å². The van der Waals surface area contributed by atoms with Crippen molar-refractivity contribution in [3.05, 3.63) is 10.7 Å². The topological polar surface area (TPSA) is 50.7 Å². The fourth-order valence-corrected chi connectivity index (χ4v) is 3.87. The molecule has 2 aromatic rings. The fraction of sp³-hybridized carbons (Fsp3) is 0.615. The Balaban J connectivity index is 2.16. The van der Waals surface area contributed by atoms with Crippen LogP contribution in [0.1, 0.15) is 37.9 Å². The number of aryl methyl sites for hydroxylation is 1. The summed E-state index contributed by atoms with van der Waals surface area (Å²) in [5.41, 5.74) is 1.07. The fourth-order valence-electron chi connectivity index (χ4n) is 1.71. The van der Waals surface area contributed by atoms with Gasteiger partial charge in [0.25, 0.3) is 0 Å². The Morgan fingerprint density at radius 2 is 2.00 bits per heavy atom. The molecular formula is C13H20N4S2. The molecule has 104 valence electrons. The molecule has 0 fully saturated rings. The summed E-state index contributed by atoms with van der Waals surface area (Å²) in [6, 6.07) is 0. The van der Waals surface area contributed by atoms with Crippen molar-refractivity contribution in [2.75, 3.05) is 11.9 Å². The van der Waals surface area contributed by atoms with Gasteiger partial charge in [0, 0.05) is 13.0 Å². The highest BCUT2D eigenvalue weighted by Crippen LogP contribution is 2.34. The van der Waals surface area contributed by atoms with E-state index in [1.54, 1.807) is 22.7 Å². The highest BCUT2D eigenvalue weighted by atomic mass is 32.1. The molecule has 0 atom stereocenters. The van der Waals surface area contributed by atoms with Crippen molar-refractivity contribution in [2.45, 2.75) is 40.5 Å². The molecule has 0 unspecified atom stereocenters. The Bertz CT molecular complexity index is 530. The average molecular weight is 296 g/mol. The van der Waals surface area contributed by atoms with Gasteiger partial charge in [-0.2, -0.15) is 0 Å². The maximum Gasteiger partial charge on any atom is 0.206 e. The van der Waals surface area contributed by atoms with Crippen LogP contribution in [0.25, 0.3) is 9.88 Å². The van der Waals surface area contributed by atoms with Crippen molar-refractivity contribution in [3.63, 3.8) is 0 Å². The Kier molecular flexibility index (Phi) is 4.87. The van der Waals surface area contributed by atoms with Crippen LogP contribution in [0.2, 0.25) is 0 Å². The largest absolute Gasteiger partial charge is 0.360 e. The van der Waals surface area contributed by atoms with Crippen LogP contribution in [0.15, 0.2) is 0 Å². The van der Waals surface area contributed by atoms with Crippen molar-refractivity contribution in [1.82, 2.24) is 15.2 Å². The van der Waals surface area contributed by atoms with E-state index in [2.05, 4.69) is 48.2 Å². The molecule has 0 aliphatic heterocycles. The summed E-state index contributed by atoms with van der Waals surface area (Å²) in [5.74, 6) is 0.634. The molecule has 2 heterocycles. The molecule has 0 bridgehead atoms. The molecule has 4 nitrogen and oxygen atoms in total. The second kappa shape index (κ2) is 6.43. The lowest BCUT2D eigenvalue weighted by Gasteiger charge is -1.97. The van der Waals surface area contributed by atoms with E-state index >= 15 is 0 Å². The Morgan fingerprint density at radius 1 is 1.21 bits per heavy atom. The third kappa shape index (κ3) is 3.73. The zero-order valence-corrected chi connectivity index (χ0v) is 13.5. The second-order valence-electron chi connectivity index (χ2n) is 4.96. The molecule has 2 rings (SSSR count). The average Bonchev–Trinajstić information content (AvgIpc) is 2.92. The van der Waals surface area contributed by atoms with E-state index in [4.69, 9.17) is 0 Å². The van der Waals surface area contributed by atoms with Gasteiger partial charge in [0.1, 0.15) is 0 Å². The maximum absolute atomic E-state index is 4.64. The van der Waals surface area contributed by atoms with Crippen LogP contribution in [0.3, 0.4) is 0 Å². The van der Waals surface area contributed by atoms with Crippen LogP contribution in [-0.2, 0) is 6.42 Å². The minimum Gasteiger partial charge on any atom is -0.360 e. The molecule has 0 aromatic carbocycles. The molecular weight excluding hydrogens is 276 g/mol. The minimum absolute atomic E-state index is 0.634. The van der Waals surface area contributed by atoms with Gasteiger partial charge in [0.15, 0.2) is 5.01 Å². The van der Waals surface area contributed by atoms with Gasteiger partial charge in [-0.25, -0.2) is 4.98 Å². The van der Waals surface area contributed by atoms with E-state index in [0.717, 1.165) is 40.1 Å². The Morgan fingerprint density at radius 3 is 2.68 bits per heavy atom. The van der Waals surface area contributed by atoms with Crippen molar-refractivity contribution in [2.24, 2.45) is 5.92 Å². The number of hydrogen-bond donors (Lipinski definition) is 1. The van der Waals surface area contributed by atoms with E-state index in [1.165, 1.54) is 5.01 Å². The Labute approximate surface area is 122 Å². The third-order valence-electron chi connectivity index (χ3n) is 2.57. The zero-order chi connectivity index (χ0) is 13.8. The SMILES string of the molecule is CCCNc1nnc(-c2sc(CC(C)C)nc2C)s1. The summed E-state index contributed by atoms with van der Waals surface area (Å²) in [6.07, 6.45) is 2.12. The normalized spacial score (nSPS) is 11.2. The first-order chi connectivity index (χ1) is 9.10. The molecule has 0 amide bonds. The molecule has 2 aromatic heterocycles. The summed E-state index contributed by atoms with van der Waals surface area (Å²) >= 11 is 3.36. The van der Waals surface area contributed by atoms with Gasteiger partial charge in [-0.15, -0.1) is 21.5 Å². The number of nitrogens with zero attached hydrogens (tertiary/aromatic N) is 3. The number of anilines is 1. The first-order valence-corrected chi connectivity index (χ1v) is 8.27. The third-order valence-corrected chi connectivity index (χ3v) is 4.78. The van der Waals surface area contributed by atoms with E-state index in [-0.39, 0.29) is 0 Å². The van der Waals surface area contributed by atoms with E-state index in [9.17, 15) is 0 Å². The molecule has 0 saturated carbocycles. The maximum atomic E-state index is 4.64. The number of hydrogen-bond acceptors (Lipinski definition) is 6. The van der Waals surface area contributed by atoms with Crippen LogP contribution in [0, 0.1) is 12.8 Å². The predicted octanol–water partition coefficient (Wildman–Crippen LogP) is 3.99. The standard InChI is InChI=1S/C13H20N4S2/c1-5-6-14-13-17-16-12(19-13)11-9(4)15-10(18-11)7-8(2)3/h8H,5-7H2,1-4H3,(H,14,17). The van der Waals surface area contributed by atoms with Gasteiger partial charge in [0.05, 0.1) is 15.6 Å². The Hall–Kier alpha value is -1.01. The monoisotopic (exact) mass is 296 g/mol. The molecule has 0 saturated heterocycles. The van der Waals surface area contributed by atoms with Crippen molar-refractivity contribution in [1.29, 1.82) is 0 Å². The first kappa shape index (κ1) is 14.4. The van der Waals surface area contributed by atoms with Gasteiger partial charge < -0.3 is 5.32 Å². The summed E-state index contributed by atoms with van der Waals surface area (Å²) in [5, 5.41) is 14.8. The molecule has 0 radical (unpaired) electrons. The lowest BCUT2D eigenvalue weighted by atomic mass is 10.1. The summed E-state index contributed by atoms with van der Waals surface area (Å²) in [7, 11) is 0. The van der Waals surface area contributed by atoms with Gasteiger partial charge in [-0.05, 0) is 19.3 Å². The summed E-state index contributed by atoms with van der Waals surface area (Å²) in [6.45, 7) is 9.56. The molecule has 0 spiro atoms. The number of thiazole rings is 1. The highest BCUT2D eigenvalue weighted by molar-refractivity contribution is 7.23. The van der Waals surface area contributed by atoms with Crippen molar-refractivity contribution in [3.8, 4) is 9.88 Å². The zero-order valence-electron chi connectivity index (χ0n) is 11.9. The molecule has 19 heavy (non-hydrogen) atoms. The van der Waals surface area contributed by atoms with Crippen LogP contribution >= 0.6 is 22.7 Å². The van der Waals surface area contributed by atoms with Gasteiger partial charge >= 0.3 is 0 Å². The van der Waals surface area contributed by atoms with E-state index in [0.29, 0.717) is 5.92 Å². The quantitative estimate of drug-likeness (QED) is 0.875. The number of rotatable bonds is 6. The lowest BCUT2D eigenvalue weighted by Crippen LogP contribution is -1.98. The molecule has 0 aliphatic rings. The van der Waals surface area contributed by atoms with Gasteiger partial charge in [-0.3, -0.25) is 0 Å². The van der Waals surface area contributed by atoms with Crippen LogP contribution in [0.4, 0.5) is 5.13 Å². The highest BCUT2D eigenvalue weighted by Gasteiger charge is 2.15. The van der Waals surface area contributed by atoms with E-state index in [1.807, 2.05) is 0 Å². The van der Waals surface area contributed by atoms with Crippen LogP contribution in [0.5, 0.6) is 0 Å². The van der Waals surface area contributed by atoms with E-state index < -0.39 is 0 Å². The number of nitrogens with one attached hydrogen (secondary N) is 1. The van der Waals surface area contributed by atoms with Gasteiger partial charge in [-0.1, -0.05) is 32.1 Å². The number of aromatic nitrogens is 3.